The van der Waals surface area contributed by atoms with E-state index in [1.165, 1.54) is 12.1 Å². The first-order valence-electron chi connectivity index (χ1n) is 7.58. The van der Waals surface area contributed by atoms with Crippen LogP contribution in [0.1, 0.15) is 28.4 Å². The number of carbonyl (C=O) groups is 1. The number of carbonyl (C=O) groups excluding carboxylic acids is 1. The third-order valence-electron chi connectivity index (χ3n) is 3.57. The van der Waals surface area contributed by atoms with Crippen molar-refractivity contribution in [3.8, 4) is 5.75 Å². The Morgan fingerprint density at radius 2 is 1.83 bits per heavy atom. The number of nitrogens with one attached hydrogen (secondary N) is 1. The second-order valence-corrected chi connectivity index (χ2v) is 7.65. The molecule has 0 saturated heterocycles. The van der Waals surface area contributed by atoms with Gasteiger partial charge in [-0.2, -0.15) is 0 Å². The molecule has 0 heterocycles. The minimum Gasteiger partial charge on any atom is -0.492 e. The molecular weight excluding hydrogens is 326 g/mol. The van der Waals surface area contributed by atoms with Crippen LogP contribution >= 0.6 is 0 Å². The number of benzene rings is 2. The lowest BCUT2D eigenvalue weighted by molar-refractivity contribution is 0.102. The van der Waals surface area contributed by atoms with Crippen LogP contribution in [0.3, 0.4) is 0 Å². The molecule has 0 saturated carbocycles. The van der Waals surface area contributed by atoms with Crippen LogP contribution in [0.5, 0.6) is 5.75 Å². The number of anilines is 1. The van der Waals surface area contributed by atoms with Crippen molar-refractivity contribution >= 4 is 21.4 Å². The summed E-state index contributed by atoms with van der Waals surface area (Å²) >= 11 is 0. The number of rotatable bonds is 5. The molecule has 0 aliphatic rings. The largest absolute Gasteiger partial charge is 0.492 e. The zero-order valence-electron chi connectivity index (χ0n) is 14.2. The summed E-state index contributed by atoms with van der Waals surface area (Å²) in [5, 5.41) is 2.80. The van der Waals surface area contributed by atoms with E-state index in [1.54, 1.807) is 19.1 Å². The lowest BCUT2D eigenvalue weighted by Gasteiger charge is -2.13. The Morgan fingerprint density at radius 3 is 2.46 bits per heavy atom. The normalized spacial score (nSPS) is 11.2. The maximum atomic E-state index is 12.6. The van der Waals surface area contributed by atoms with Crippen LogP contribution in [0.4, 0.5) is 5.69 Å². The van der Waals surface area contributed by atoms with Gasteiger partial charge in [0.05, 0.1) is 17.2 Å². The highest BCUT2D eigenvalue weighted by molar-refractivity contribution is 7.90. The van der Waals surface area contributed by atoms with E-state index in [4.69, 9.17) is 4.74 Å². The Kier molecular flexibility index (Phi) is 5.29. The van der Waals surface area contributed by atoms with Gasteiger partial charge in [0.25, 0.3) is 5.91 Å². The van der Waals surface area contributed by atoms with Crippen molar-refractivity contribution in [2.24, 2.45) is 0 Å². The van der Waals surface area contributed by atoms with Crippen LogP contribution in [-0.4, -0.2) is 27.2 Å². The molecule has 0 aliphatic carbocycles. The van der Waals surface area contributed by atoms with Gasteiger partial charge >= 0.3 is 0 Å². The molecule has 0 radical (unpaired) electrons. The van der Waals surface area contributed by atoms with Gasteiger partial charge in [0, 0.05) is 11.8 Å². The van der Waals surface area contributed by atoms with E-state index in [-0.39, 0.29) is 10.8 Å². The summed E-state index contributed by atoms with van der Waals surface area (Å²) in [4.78, 5) is 12.7. The molecule has 0 aliphatic heterocycles. The Labute approximate surface area is 142 Å². The lowest BCUT2D eigenvalue weighted by atomic mass is 10.1. The first kappa shape index (κ1) is 18.0. The van der Waals surface area contributed by atoms with Gasteiger partial charge in [-0.25, -0.2) is 8.42 Å². The molecule has 6 heteroatoms. The van der Waals surface area contributed by atoms with Gasteiger partial charge < -0.3 is 10.1 Å². The van der Waals surface area contributed by atoms with Crippen LogP contribution in [0.25, 0.3) is 0 Å². The van der Waals surface area contributed by atoms with E-state index in [0.717, 1.165) is 11.8 Å². The minimum absolute atomic E-state index is 0.118. The molecule has 128 valence electrons. The summed E-state index contributed by atoms with van der Waals surface area (Å²) in [5.41, 5.74) is 2.59. The second-order valence-electron chi connectivity index (χ2n) is 5.64. The molecule has 1 N–H and O–H groups in total. The van der Waals surface area contributed by atoms with Crippen LogP contribution < -0.4 is 10.1 Å². The molecule has 0 aromatic heterocycles. The van der Waals surface area contributed by atoms with Gasteiger partial charge in [-0.15, -0.1) is 0 Å². The van der Waals surface area contributed by atoms with Gasteiger partial charge in [0.2, 0.25) is 0 Å². The quantitative estimate of drug-likeness (QED) is 0.900. The van der Waals surface area contributed by atoms with Gasteiger partial charge in [-0.1, -0.05) is 12.1 Å². The van der Waals surface area contributed by atoms with E-state index >= 15 is 0 Å². The lowest BCUT2D eigenvalue weighted by Crippen LogP contribution is -2.15. The van der Waals surface area contributed by atoms with Crippen LogP contribution in [0.15, 0.2) is 41.3 Å². The topological polar surface area (TPSA) is 72.5 Å². The zero-order valence-corrected chi connectivity index (χ0v) is 15.0. The molecule has 1 amide bonds. The predicted octanol–water partition coefficient (Wildman–Crippen LogP) is 3.36. The number of ether oxygens (including phenoxy) is 1. The summed E-state index contributed by atoms with van der Waals surface area (Å²) < 4.78 is 29.0. The molecule has 24 heavy (non-hydrogen) atoms. The molecule has 2 rings (SSSR count). The summed E-state index contributed by atoms with van der Waals surface area (Å²) in [6, 6.07) is 10.0. The average molecular weight is 347 g/mol. The zero-order chi connectivity index (χ0) is 17.9. The number of aryl methyl sites for hydroxylation is 2. The first-order valence-corrected chi connectivity index (χ1v) is 9.47. The van der Waals surface area contributed by atoms with Crippen LogP contribution in [0, 0.1) is 13.8 Å². The van der Waals surface area contributed by atoms with Gasteiger partial charge in [-0.05, 0) is 56.2 Å². The first-order chi connectivity index (χ1) is 11.2. The third-order valence-corrected chi connectivity index (χ3v) is 4.68. The summed E-state index contributed by atoms with van der Waals surface area (Å²) in [6.07, 6.45) is 1.12. The highest BCUT2D eigenvalue weighted by atomic mass is 32.2. The second kappa shape index (κ2) is 7.05. The molecule has 0 unspecified atom stereocenters. The van der Waals surface area contributed by atoms with Gasteiger partial charge in [0.1, 0.15) is 5.75 Å². The standard InChI is InChI=1S/C18H21NO4S/c1-5-23-17-10-12(2)6-9-16(17)19-18(20)15-11-14(24(4,21)22)8-7-13(15)3/h6-11H,5H2,1-4H3,(H,19,20). The molecular formula is C18H21NO4S. The highest BCUT2D eigenvalue weighted by Gasteiger charge is 2.16. The molecule has 0 bridgehead atoms. The average Bonchev–Trinajstić information content (AvgIpc) is 2.49. The molecule has 0 atom stereocenters. The van der Waals surface area contributed by atoms with E-state index in [2.05, 4.69) is 5.32 Å². The summed E-state index contributed by atoms with van der Waals surface area (Å²) in [6.45, 7) is 6.05. The Balaban J connectivity index is 2.37. The molecule has 5 nitrogen and oxygen atoms in total. The number of sulfone groups is 1. The minimum atomic E-state index is -3.38. The van der Waals surface area contributed by atoms with Crippen LogP contribution in [-0.2, 0) is 9.84 Å². The van der Waals surface area contributed by atoms with Crippen molar-refractivity contribution < 1.29 is 17.9 Å². The van der Waals surface area contributed by atoms with E-state index < -0.39 is 9.84 Å². The van der Waals surface area contributed by atoms with E-state index in [9.17, 15) is 13.2 Å². The predicted molar refractivity (Wildman–Crippen MR) is 94.6 cm³/mol. The van der Waals surface area contributed by atoms with Gasteiger partial charge in [-0.3, -0.25) is 4.79 Å². The third kappa shape index (κ3) is 4.14. The maximum absolute atomic E-state index is 12.6. The Morgan fingerprint density at radius 1 is 1.12 bits per heavy atom. The summed E-state index contributed by atoms with van der Waals surface area (Å²) in [7, 11) is -3.38. The molecule has 2 aromatic rings. The summed E-state index contributed by atoms with van der Waals surface area (Å²) in [5.74, 6) is 0.213. The van der Waals surface area contributed by atoms with E-state index in [0.29, 0.717) is 29.2 Å². The van der Waals surface area contributed by atoms with Crippen molar-refractivity contribution in [2.75, 3.05) is 18.2 Å². The number of hydrogen-bond donors (Lipinski definition) is 1. The Hall–Kier alpha value is -2.34. The fraction of sp³-hybridized carbons (Fsp3) is 0.278. The molecule has 2 aromatic carbocycles. The SMILES string of the molecule is CCOc1cc(C)ccc1NC(=O)c1cc(S(C)(=O)=O)ccc1C. The van der Waals surface area contributed by atoms with Crippen LogP contribution in [0.2, 0.25) is 0 Å². The van der Waals surface area contributed by atoms with Crippen molar-refractivity contribution in [1.29, 1.82) is 0 Å². The van der Waals surface area contributed by atoms with Crippen molar-refractivity contribution in [3.63, 3.8) is 0 Å². The van der Waals surface area contributed by atoms with Crippen molar-refractivity contribution in [1.82, 2.24) is 0 Å². The highest BCUT2D eigenvalue weighted by Crippen LogP contribution is 2.27. The van der Waals surface area contributed by atoms with E-state index in [1.807, 2.05) is 26.0 Å². The number of amides is 1. The smallest absolute Gasteiger partial charge is 0.256 e. The monoisotopic (exact) mass is 347 g/mol. The van der Waals surface area contributed by atoms with Crippen molar-refractivity contribution in [3.05, 3.63) is 53.1 Å². The number of hydrogen-bond acceptors (Lipinski definition) is 4. The van der Waals surface area contributed by atoms with Crippen molar-refractivity contribution in [2.45, 2.75) is 25.7 Å². The maximum Gasteiger partial charge on any atom is 0.256 e. The van der Waals surface area contributed by atoms with Gasteiger partial charge in [0.15, 0.2) is 9.84 Å². The fourth-order valence-electron chi connectivity index (χ4n) is 2.27. The molecule has 0 fully saturated rings. The fourth-order valence-corrected chi connectivity index (χ4v) is 2.92. The Bertz CT molecular complexity index is 873. The molecule has 0 spiro atoms.